The average Bonchev–Trinajstić information content (AvgIpc) is 3.12. The number of hydrogen-bond acceptors (Lipinski definition) is 5. The molecule has 26 heavy (non-hydrogen) atoms. The van der Waals surface area contributed by atoms with Crippen LogP contribution in [0.15, 0.2) is 41.4 Å². The topological polar surface area (TPSA) is 117 Å². The molecule has 3 rings (SSSR count). The van der Waals surface area contributed by atoms with E-state index in [4.69, 9.17) is 0 Å². The van der Waals surface area contributed by atoms with E-state index in [1.54, 1.807) is 0 Å². The number of rotatable bonds is 4. The minimum atomic E-state index is -3.77. The van der Waals surface area contributed by atoms with Crippen molar-refractivity contribution < 1.29 is 22.5 Å². The summed E-state index contributed by atoms with van der Waals surface area (Å²) in [5, 5.41) is 10.7. The van der Waals surface area contributed by atoms with Crippen LogP contribution in [-0.2, 0) is 10.0 Å². The maximum Gasteiger partial charge on any atom is 0.287 e. The van der Waals surface area contributed by atoms with Crippen LogP contribution in [0, 0.1) is 15.9 Å². The van der Waals surface area contributed by atoms with Gasteiger partial charge in [0.2, 0.25) is 10.0 Å². The van der Waals surface area contributed by atoms with Crippen molar-refractivity contribution in [2.75, 3.05) is 26.2 Å². The van der Waals surface area contributed by atoms with Crippen LogP contribution in [-0.4, -0.2) is 59.6 Å². The number of piperazine rings is 1. The third-order valence-electron chi connectivity index (χ3n) is 4.09. The van der Waals surface area contributed by atoms with Crippen molar-refractivity contribution in [1.29, 1.82) is 0 Å². The molecule has 0 radical (unpaired) electrons. The number of H-pyrrole nitrogens is 1. The lowest BCUT2D eigenvalue weighted by atomic mass is 10.3. The van der Waals surface area contributed by atoms with Crippen LogP contribution in [0.4, 0.5) is 10.1 Å². The van der Waals surface area contributed by atoms with Gasteiger partial charge >= 0.3 is 0 Å². The third kappa shape index (κ3) is 3.44. The Morgan fingerprint density at radius 1 is 1.15 bits per heavy atom. The van der Waals surface area contributed by atoms with Crippen molar-refractivity contribution in [3.05, 3.63) is 58.2 Å². The number of carbonyl (C=O) groups excluding carboxylic acids is 1. The lowest BCUT2D eigenvalue weighted by molar-refractivity contribution is -0.384. The fourth-order valence-electron chi connectivity index (χ4n) is 2.67. The number of aromatic nitrogens is 1. The highest BCUT2D eigenvalue weighted by Gasteiger charge is 2.31. The average molecular weight is 382 g/mol. The van der Waals surface area contributed by atoms with Crippen LogP contribution in [0.2, 0.25) is 0 Å². The van der Waals surface area contributed by atoms with Gasteiger partial charge in [-0.2, -0.15) is 4.31 Å². The predicted octanol–water partition coefficient (Wildman–Crippen LogP) is 1.21. The van der Waals surface area contributed by atoms with Crippen molar-refractivity contribution in [2.24, 2.45) is 0 Å². The molecule has 1 saturated heterocycles. The molecule has 0 saturated carbocycles. The van der Waals surface area contributed by atoms with E-state index in [-0.39, 0.29) is 42.5 Å². The van der Waals surface area contributed by atoms with E-state index in [1.165, 1.54) is 21.3 Å². The van der Waals surface area contributed by atoms with E-state index in [0.717, 1.165) is 24.4 Å². The summed E-state index contributed by atoms with van der Waals surface area (Å²) in [4.78, 5) is 26.4. The molecule has 1 aromatic carbocycles. The first-order valence-corrected chi connectivity index (χ1v) is 9.11. The Bertz CT molecular complexity index is 933. The molecule has 9 nitrogen and oxygen atoms in total. The van der Waals surface area contributed by atoms with Crippen molar-refractivity contribution >= 4 is 21.6 Å². The highest BCUT2D eigenvalue weighted by molar-refractivity contribution is 7.89. The van der Waals surface area contributed by atoms with Crippen LogP contribution < -0.4 is 0 Å². The smallest absolute Gasteiger partial charge is 0.287 e. The maximum absolute atomic E-state index is 13.0. The van der Waals surface area contributed by atoms with Gasteiger partial charge in [0.05, 0.1) is 16.0 Å². The predicted molar refractivity (Wildman–Crippen MR) is 88.5 cm³/mol. The molecule has 2 heterocycles. The summed E-state index contributed by atoms with van der Waals surface area (Å²) < 4.78 is 39.3. The van der Waals surface area contributed by atoms with Gasteiger partial charge in [0.15, 0.2) is 0 Å². The van der Waals surface area contributed by atoms with Crippen molar-refractivity contribution in [3.8, 4) is 0 Å². The van der Waals surface area contributed by atoms with Gasteiger partial charge in [0, 0.05) is 32.2 Å². The normalized spacial score (nSPS) is 15.8. The molecule has 0 bridgehead atoms. The fraction of sp³-hybridized carbons (Fsp3) is 0.267. The zero-order valence-corrected chi connectivity index (χ0v) is 14.3. The zero-order chi connectivity index (χ0) is 18.9. The number of carbonyl (C=O) groups is 1. The monoisotopic (exact) mass is 382 g/mol. The maximum atomic E-state index is 13.0. The molecular formula is C15H15FN4O5S. The third-order valence-corrected chi connectivity index (χ3v) is 6.00. The van der Waals surface area contributed by atoms with E-state index in [9.17, 15) is 27.7 Å². The second-order valence-corrected chi connectivity index (χ2v) is 7.62. The number of benzene rings is 1. The first kappa shape index (κ1) is 18.0. The van der Waals surface area contributed by atoms with Gasteiger partial charge in [-0.1, -0.05) is 0 Å². The molecule has 1 aliphatic rings. The molecule has 0 spiro atoms. The number of nitrogens with zero attached hydrogens (tertiary/aromatic N) is 3. The minimum absolute atomic E-state index is 0.0151. The quantitative estimate of drug-likeness (QED) is 0.630. The van der Waals surface area contributed by atoms with E-state index in [1.807, 2.05) is 0 Å². The number of aromatic amines is 1. The summed E-state index contributed by atoms with van der Waals surface area (Å²) in [7, 11) is -3.77. The largest absolute Gasteiger partial charge is 0.351 e. The summed E-state index contributed by atoms with van der Waals surface area (Å²) in [6, 6.07) is 5.68. The van der Waals surface area contributed by atoms with E-state index < -0.39 is 26.7 Å². The Morgan fingerprint density at radius 2 is 1.77 bits per heavy atom. The van der Waals surface area contributed by atoms with Crippen molar-refractivity contribution in [3.63, 3.8) is 0 Å². The van der Waals surface area contributed by atoms with Crippen LogP contribution in [0.25, 0.3) is 0 Å². The Morgan fingerprint density at radius 3 is 2.31 bits per heavy atom. The summed E-state index contributed by atoms with van der Waals surface area (Å²) in [5.74, 6) is -0.962. The molecule has 138 valence electrons. The number of sulfonamides is 1. The second-order valence-electron chi connectivity index (χ2n) is 5.68. The van der Waals surface area contributed by atoms with E-state index >= 15 is 0 Å². The summed E-state index contributed by atoms with van der Waals surface area (Å²) in [5.41, 5.74) is -0.141. The summed E-state index contributed by atoms with van der Waals surface area (Å²) in [6.07, 6.45) is 1.13. The number of nitro groups is 1. The zero-order valence-electron chi connectivity index (χ0n) is 13.5. The molecule has 0 aliphatic carbocycles. The molecule has 2 aromatic rings. The lowest BCUT2D eigenvalue weighted by Crippen LogP contribution is -2.50. The van der Waals surface area contributed by atoms with Gasteiger partial charge in [-0.25, -0.2) is 12.8 Å². The fourth-order valence-corrected chi connectivity index (χ4v) is 4.09. The van der Waals surface area contributed by atoms with Gasteiger partial charge in [0.1, 0.15) is 11.5 Å². The SMILES string of the molecule is O=C(c1cc([N+](=O)[O-])c[nH]1)N1CCN(S(=O)(=O)c2ccc(F)cc2)CC1. The van der Waals surface area contributed by atoms with Gasteiger partial charge in [-0.05, 0) is 24.3 Å². The van der Waals surface area contributed by atoms with E-state index in [2.05, 4.69) is 4.98 Å². The van der Waals surface area contributed by atoms with Crippen LogP contribution in [0.3, 0.4) is 0 Å². The van der Waals surface area contributed by atoms with Gasteiger partial charge in [-0.3, -0.25) is 14.9 Å². The minimum Gasteiger partial charge on any atom is -0.351 e. The number of nitrogens with one attached hydrogen (secondary N) is 1. The summed E-state index contributed by atoms with van der Waals surface area (Å²) >= 11 is 0. The van der Waals surface area contributed by atoms with Crippen LogP contribution in [0.1, 0.15) is 10.5 Å². The van der Waals surface area contributed by atoms with Crippen molar-refractivity contribution in [1.82, 2.24) is 14.2 Å². The van der Waals surface area contributed by atoms with Gasteiger partial charge in [-0.15, -0.1) is 0 Å². The Hall–Kier alpha value is -2.79. The Labute approximate surface area is 148 Å². The van der Waals surface area contributed by atoms with Crippen LogP contribution >= 0.6 is 0 Å². The van der Waals surface area contributed by atoms with E-state index in [0.29, 0.717) is 0 Å². The second kappa shape index (κ2) is 6.84. The highest BCUT2D eigenvalue weighted by atomic mass is 32.2. The van der Waals surface area contributed by atoms with Crippen LogP contribution in [0.5, 0.6) is 0 Å². The number of halogens is 1. The molecule has 11 heteroatoms. The number of hydrogen-bond donors (Lipinski definition) is 1. The molecule has 0 atom stereocenters. The molecule has 1 amide bonds. The molecular weight excluding hydrogens is 367 g/mol. The van der Waals surface area contributed by atoms with Gasteiger partial charge in [0.25, 0.3) is 11.6 Å². The number of amides is 1. The molecule has 1 aliphatic heterocycles. The standard InChI is InChI=1S/C15H15FN4O5S/c16-11-1-3-13(4-2-11)26(24,25)19-7-5-18(6-8-19)15(21)14-9-12(10-17-14)20(22)23/h1-4,9-10,17H,5-8H2. The first-order valence-electron chi connectivity index (χ1n) is 7.67. The Balaban J connectivity index is 1.67. The summed E-state index contributed by atoms with van der Waals surface area (Å²) in [6.45, 7) is 0.445. The highest BCUT2D eigenvalue weighted by Crippen LogP contribution is 2.19. The van der Waals surface area contributed by atoms with Gasteiger partial charge < -0.3 is 9.88 Å². The molecule has 1 aromatic heterocycles. The molecule has 0 unspecified atom stereocenters. The molecule has 1 N–H and O–H groups in total. The lowest BCUT2D eigenvalue weighted by Gasteiger charge is -2.33. The first-order chi connectivity index (χ1) is 12.3. The van der Waals surface area contributed by atoms with Crippen molar-refractivity contribution in [2.45, 2.75) is 4.90 Å². The molecule has 1 fully saturated rings. The Kier molecular flexibility index (Phi) is 4.74.